The van der Waals surface area contributed by atoms with Gasteiger partial charge in [0.2, 0.25) is 0 Å². The van der Waals surface area contributed by atoms with E-state index in [9.17, 15) is 0 Å². The molecule has 0 aliphatic rings. The van der Waals surface area contributed by atoms with Gasteiger partial charge in [-0.1, -0.05) is 18.2 Å². The number of benzene rings is 1. The minimum absolute atomic E-state index is 0.609. The zero-order chi connectivity index (χ0) is 9.26. The third-order valence-corrected chi connectivity index (χ3v) is 2.04. The summed E-state index contributed by atoms with van der Waals surface area (Å²) in [5, 5.41) is 9.70. The van der Waals surface area contributed by atoms with Gasteiger partial charge in [-0.05, 0) is 18.6 Å². The van der Waals surface area contributed by atoms with E-state index in [1.165, 1.54) is 0 Å². The minimum atomic E-state index is 0.609. The molecule has 0 bridgehead atoms. The summed E-state index contributed by atoms with van der Waals surface area (Å²) in [6.45, 7) is 2.02. The summed E-state index contributed by atoms with van der Waals surface area (Å²) >= 11 is 0. The van der Waals surface area contributed by atoms with Crippen LogP contribution in [0.2, 0.25) is 0 Å². The number of nitrogens with zero attached hydrogens (tertiary/aromatic N) is 2. The summed E-state index contributed by atoms with van der Waals surface area (Å²) in [5.41, 5.74) is 2.72. The van der Waals surface area contributed by atoms with Gasteiger partial charge in [-0.3, -0.25) is 4.98 Å². The van der Waals surface area contributed by atoms with E-state index in [1.807, 2.05) is 31.2 Å². The molecule has 13 heavy (non-hydrogen) atoms. The largest absolute Gasteiger partial charge is 0.255 e. The van der Waals surface area contributed by atoms with Gasteiger partial charge in [0.15, 0.2) is 0 Å². The maximum Gasteiger partial charge on any atom is 0.101 e. The Hall–Kier alpha value is -1.88. The summed E-state index contributed by atoms with van der Waals surface area (Å²) in [5.74, 6) is 0. The van der Waals surface area contributed by atoms with E-state index >= 15 is 0 Å². The molecule has 1 aromatic carbocycles. The van der Waals surface area contributed by atoms with Crippen molar-refractivity contribution in [3.8, 4) is 6.07 Å². The molecule has 2 rings (SSSR count). The highest BCUT2D eigenvalue weighted by atomic mass is 14.7. The van der Waals surface area contributed by atoms with Gasteiger partial charge in [-0.15, -0.1) is 0 Å². The second-order valence-corrected chi connectivity index (χ2v) is 2.98. The van der Waals surface area contributed by atoms with Crippen LogP contribution in [0.1, 0.15) is 11.1 Å². The van der Waals surface area contributed by atoms with E-state index in [0.29, 0.717) is 5.56 Å². The summed E-state index contributed by atoms with van der Waals surface area (Å²) in [6.07, 6.45) is 1.61. The third-order valence-electron chi connectivity index (χ3n) is 2.04. The molecule has 1 aromatic heterocycles. The van der Waals surface area contributed by atoms with Crippen molar-refractivity contribution in [3.63, 3.8) is 0 Å². The van der Waals surface area contributed by atoms with Crippen LogP contribution >= 0.6 is 0 Å². The van der Waals surface area contributed by atoms with E-state index in [-0.39, 0.29) is 0 Å². The topological polar surface area (TPSA) is 36.7 Å². The molecule has 0 saturated heterocycles. The summed E-state index contributed by atoms with van der Waals surface area (Å²) < 4.78 is 0. The van der Waals surface area contributed by atoms with Crippen LogP contribution in [-0.4, -0.2) is 4.98 Å². The van der Waals surface area contributed by atoms with Crippen molar-refractivity contribution < 1.29 is 0 Å². The average molecular weight is 168 g/mol. The van der Waals surface area contributed by atoms with Crippen molar-refractivity contribution >= 4 is 10.9 Å². The van der Waals surface area contributed by atoms with Crippen molar-refractivity contribution in [1.82, 2.24) is 4.98 Å². The minimum Gasteiger partial charge on any atom is -0.255 e. The molecule has 0 aliphatic carbocycles. The fraction of sp³-hybridized carbons (Fsp3) is 0.0909. The first-order valence-electron chi connectivity index (χ1n) is 4.07. The van der Waals surface area contributed by atoms with Crippen molar-refractivity contribution in [2.45, 2.75) is 6.92 Å². The molecule has 2 nitrogen and oxygen atoms in total. The number of rotatable bonds is 0. The van der Waals surface area contributed by atoms with Crippen LogP contribution in [0, 0.1) is 18.3 Å². The zero-order valence-electron chi connectivity index (χ0n) is 7.28. The fourth-order valence-electron chi connectivity index (χ4n) is 1.37. The van der Waals surface area contributed by atoms with Crippen LogP contribution in [-0.2, 0) is 0 Å². The van der Waals surface area contributed by atoms with Crippen LogP contribution < -0.4 is 0 Å². The second-order valence-electron chi connectivity index (χ2n) is 2.98. The van der Waals surface area contributed by atoms with Crippen molar-refractivity contribution in [2.75, 3.05) is 0 Å². The van der Waals surface area contributed by atoms with E-state index in [4.69, 9.17) is 5.26 Å². The Labute approximate surface area is 76.5 Å². The first-order chi connectivity index (χ1) is 6.31. The molecule has 2 heteroatoms. The molecule has 0 saturated carbocycles. The standard InChI is InChI=1S/C11H8N2/c1-8-3-2-4-10-5-9(6-12)7-13-11(8)10/h2-5,7H,1H3. The average Bonchev–Trinajstić information content (AvgIpc) is 2.18. The van der Waals surface area contributed by atoms with Gasteiger partial charge in [0.05, 0.1) is 11.1 Å². The van der Waals surface area contributed by atoms with E-state index < -0.39 is 0 Å². The monoisotopic (exact) mass is 168 g/mol. The summed E-state index contributed by atoms with van der Waals surface area (Å²) in [4.78, 5) is 4.23. The molecule has 0 atom stereocenters. The van der Waals surface area contributed by atoms with E-state index in [0.717, 1.165) is 16.5 Å². The molecule has 0 aliphatic heterocycles. The van der Waals surface area contributed by atoms with Crippen LogP contribution in [0.4, 0.5) is 0 Å². The van der Waals surface area contributed by atoms with Gasteiger partial charge in [0, 0.05) is 11.6 Å². The molecule has 0 spiro atoms. The number of fused-ring (bicyclic) bond motifs is 1. The Morgan fingerprint density at radius 2 is 2.23 bits per heavy atom. The third kappa shape index (κ3) is 1.25. The molecular formula is C11H8N2. The molecule has 0 amide bonds. The maximum atomic E-state index is 8.68. The molecule has 62 valence electrons. The van der Waals surface area contributed by atoms with E-state index in [1.54, 1.807) is 6.20 Å². The van der Waals surface area contributed by atoms with Crippen LogP contribution in [0.15, 0.2) is 30.5 Å². The van der Waals surface area contributed by atoms with Crippen molar-refractivity contribution in [3.05, 3.63) is 41.6 Å². The van der Waals surface area contributed by atoms with Crippen molar-refractivity contribution in [2.24, 2.45) is 0 Å². The fourth-order valence-corrected chi connectivity index (χ4v) is 1.37. The van der Waals surface area contributed by atoms with Gasteiger partial charge < -0.3 is 0 Å². The van der Waals surface area contributed by atoms with Gasteiger partial charge in [0.25, 0.3) is 0 Å². The lowest BCUT2D eigenvalue weighted by Gasteiger charge is -1.99. The Morgan fingerprint density at radius 1 is 1.38 bits per heavy atom. The lowest BCUT2D eigenvalue weighted by atomic mass is 10.1. The Kier molecular flexibility index (Phi) is 1.71. The summed E-state index contributed by atoms with van der Waals surface area (Å²) in [6, 6.07) is 9.89. The zero-order valence-corrected chi connectivity index (χ0v) is 7.28. The predicted molar refractivity (Wildman–Crippen MR) is 51.2 cm³/mol. The summed E-state index contributed by atoms with van der Waals surface area (Å²) in [7, 11) is 0. The molecule has 0 fully saturated rings. The highest BCUT2D eigenvalue weighted by Crippen LogP contribution is 2.16. The second kappa shape index (κ2) is 2.87. The highest BCUT2D eigenvalue weighted by molar-refractivity contribution is 5.82. The first kappa shape index (κ1) is 7.75. The molecule has 2 aromatic rings. The molecule has 0 unspecified atom stereocenters. The van der Waals surface area contributed by atoms with Crippen LogP contribution in [0.5, 0.6) is 0 Å². The molecule has 0 N–H and O–H groups in total. The van der Waals surface area contributed by atoms with Gasteiger partial charge in [-0.25, -0.2) is 0 Å². The van der Waals surface area contributed by atoms with Gasteiger partial charge in [0.1, 0.15) is 6.07 Å². The smallest absolute Gasteiger partial charge is 0.101 e. The maximum absolute atomic E-state index is 8.68. The Balaban J connectivity index is 2.82. The number of para-hydroxylation sites is 1. The lowest BCUT2D eigenvalue weighted by Crippen LogP contribution is -1.84. The number of pyridine rings is 1. The number of aryl methyl sites for hydroxylation is 1. The van der Waals surface area contributed by atoms with Crippen LogP contribution in [0.3, 0.4) is 0 Å². The molecular weight excluding hydrogens is 160 g/mol. The highest BCUT2D eigenvalue weighted by Gasteiger charge is 1.98. The number of nitriles is 1. The number of hydrogen-bond donors (Lipinski definition) is 0. The Bertz CT molecular complexity index is 495. The molecule has 0 radical (unpaired) electrons. The van der Waals surface area contributed by atoms with E-state index in [2.05, 4.69) is 11.1 Å². The first-order valence-corrected chi connectivity index (χ1v) is 4.07. The van der Waals surface area contributed by atoms with Gasteiger partial charge in [-0.2, -0.15) is 5.26 Å². The number of aromatic nitrogens is 1. The number of hydrogen-bond acceptors (Lipinski definition) is 2. The molecule has 1 heterocycles. The van der Waals surface area contributed by atoms with Crippen molar-refractivity contribution in [1.29, 1.82) is 5.26 Å². The van der Waals surface area contributed by atoms with Crippen LogP contribution in [0.25, 0.3) is 10.9 Å². The quantitative estimate of drug-likeness (QED) is 0.605. The SMILES string of the molecule is Cc1cccc2cc(C#N)cnc12. The van der Waals surface area contributed by atoms with Gasteiger partial charge >= 0.3 is 0 Å². The lowest BCUT2D eigenvalue weighted by molar-refractivity contribution is 1.34. The Morgan fingerprint density at radius 3 is 3.00 bits per heavy atom. The normalized spacial score (nSPS) is 9.85. The predicted octanol–water partition coefficient (Wildman–Crippen LogP) is 2.41.